The second-order valence-electron chi connectivity index (χ2n) is 6.00. The van der Waals surface area contributed by atoms with Crippen molar-refractivity contribution in [2.24, 2.45) is 0 Å². The predicted molar refractivity (Wildman–Crippen MR) is 88.6 cm³/mol. The maximum Gasteiger partial charge on any atom is 0.251 e. The van der Waals surface area contributed by atoms with Gasteiger partial charge in [-0.25, -0.2) is 4.98 Å². The second-order valence-corrected chi connectivity index (χ2v) is 6.00. The lowest BCUT2D eigenvalue weighted by Gasteiger charge is -2.20. The summed E-state index contributed by atoms with van der Waals surface area (Å²) < 4.78 is 9.19. The van der Waals surface area contributed by atoms with Crippen LogP contribution in [0.5, 0.6) is 0 Å². The largest absolute Gasteiger partial charge is 0.368 e. The predicted octanol–water partition coefficient (Wildman–Crippen LogP) is 1.02. The summed E-state index contributed by atoms with van der Waals surface area (Å²) >= 11 is 0. The van der Waals surface area contributed by atoms with Crippen molar-refractivity contribution in [1.29, 1.82) is 0 Å². The Kier molecular flexibility index (Phi) is 4.80. The van der Waals surface area contributed by atoms with Crippen LogP contribution < -0.4 is 10.9 Å². The average molecular weight is 330 g/mol. The molecule has 1 aliphatic rings. The van der Waals surface area contributed by atoms with Crippen LogP contribution in [0.25, 0.3) is 0 Å². The van der Waals surface area contributed by atoms with Gasteiger partial charge in [0.25, 0.3) is 5.56 Å². The van der Waals surface area contributed by atoms with Gasteiger partial charge >= 0.3 is 0 Å². The summed E-state index contributed by atoms with van der Waals surface area (Å²) in [5, 5.41) is 2.98. The molecule has 2 aromatic heterocycles. The molecular formula is C17H22N4O3. The first-order chi connectivity index (χ1) is 11.6. The number of hydrogen-bond donors (Lipinski definition) is 1. The van der Waals surface area contributed by atoms with Crippen LogP contribution in [-0.2, 0) is 22.6 Å². The van der Waals surface area contributed by atoms with Crippen molar-refractivity contribution in [2.75, 3.05) is 6.61 Å². The van der Waals surface area contributed by atoms with Crippen LogP contribution in [0.3, 0.4) is 0 Å². The number of carbonyl (C=O) groups excluding carboxylic acids is 1. The average Bonchev–Trinajstić information content (AvgIpc) is 3.18. The van der Waals surface area contributed by atoms with Crippen molar-refractivity contribution in [3.8, 4) is 0 Å². The molecule has 0 unspecified atom stereocenters. The van der Waals surface area contributed by atoms with E-state index >= 15 is 0 Å². The molecule has 1 saturated heterocycles. The summed E-state index contributed by atoms with van der Waals surface area (Å²) in [6.07, 6.45) is 5.77. The van der Waals surface area contributed by atoms with Gasteiger partial charge in [0.2, 0.25) is 5.91 Å². The fourth-order valence-corrected chi connectivity index (χ4v) is 2.98. The maximum atomic E-state index is 12.3. The van der Waals surface area contributed by atoms with Gasteiger partial charge in [0.1, 0.15) is 18.5 Å². The highest BCUT2D eigenvalue weighted by molar-refractivity contribution is 5.76. The Hall–Kier alpha value is -2.41. The third kappa shape index (κ3) is 3.41. The quantitative estimate of drug-likeness (QED) is 0.888. The summed E-state index contributed by atoms with van der Waals surface area (Å²) in [5.74, 6) is 0.629. The number of nitrogens with one attached hydrogen (secondary N) is 1. The minimum atomic E-state index is -0.251. The Morgan fingerprint density at radius 3 is 3.00 bits per heavy atom. The normalized spacial score (nSPS) is 20.2. The van der Waals surface area contributed by atoms with Crippen LogP contribution >= 0.6 is 0 Å². The van der Waals surface area contributed by atoms with Gasteiger partial charge in [-0.1, -0.05) is 0 Å². The lowest BCUT2D eigenvalue weighted by molar-refractivity contribution is -0.122. The molecule has 1 amide bonds. The highest BCUT2D eigenvalue weighted by atomic mass is 16.5. The molecule has 0 bridgehead atoms. The first-order valence-electron chi connectivity index (χ1n) is 8.17. The summed E-state index contributed by atoms with van der Waals surface area (Å²) in [6.45, 7) is 5.27. The van der Waals surface area contributed by atoms with Gasteiger partial charge in [-0.3, -0.25) is 9.59 Å². The molecule has 128 valence electrons. The molecule has 2 aromatic rings. The van der Waals surface area contributed by atoms with Crippen LogP contribution in [0.15, 0.2) is 35.5 Å². The Labute approximate surface area is 140 Å². The van der Waals surface area contributed by atoms with Crippen molar-refractivity contribution in [2.45, 2.75) is 45.5 Å². The van der Waals surface area contributed by atoms with Crippen LogP contribution in [0.4, 0.5) is 0 Å². The molecule has 1 fully saturated rings. The Balaban J connectivity index is 1.68. The van der Waals surface area contributed by atoms with E-state index in [0.717, 1.165) is 24.4 Å². The molecule has 3 heterocycles. The number of rotatable bonds is 5. The van der Waals surface area contributed by atoms with Gasteiger partial charge in [-0.05, 0) is 31.9 Å². The van der Waals surface area contributed by atoms with Crippen LogP contribution in [-0.4, -0.2) is 32.7 Å². The monoisotopic (exact) mass is 330 g/mol. The van der Waals surface area contributed by atoms with E-state index in [4.69, 9.17) is 4.74 Å². The Morgan fingerprint density at radius 1 is 1.42 bits per heavy atom. The highest BCUT2D eigenvalue weighted by Gasteiger charge is 2.33. The standard InChI is InChI=1S/C17H22N4O3/c1-3-20-8-6-18-17(20)16-13(5-9-24-16)19-14(22)11-21-7-4-12(2)10-15(21)23/h4,6-8,10,13,16H,3,5,9,11H2,1-2H3,(H,19,22)/t13-,16-/m0/s1. The molecule has 1 aliphatic heterocycles. The van der Waals surface area contributed by atoms with Crippen molar-refractivity contribution in [1.82, 2.24) is 19.4 Å². The molecule has 0 spiro atoms. The Bertz CT molecular complexity index is 780. The van der Waals surface area contributed by atoms with Crippen molar-refractivity contribution < 1.29 is 9.53 Å². The maximum absolute atomic E-state index is 12.3. The number of amides is 1. The van der Waals surface area contributed by atoms with E-state index in [1.54, 1.807) is 12.4 Å². The number of hydrogen-bond acceptors (Lipinski definition) is 4. The van der Waals surface area contributed by atoms with Gasteiger partial charge in [0.15, 0.2) is 0 Å². The molecule has 7 heteroatoms. The van der Waals surface area contributed by atoms with E-state index in [0.29, 0.717) is 6.61 Å². The van der Waals surface area contributed by atoms with E-state index in [2.05, 4.69) is 10.3 Å². The molecule has 0 saturated carbocycles. The number of carbonyl (C=O) groups is 1. The van der Waals surface area contributed by atoms with E-state index in [1.807, 2.05) is 30.7 Å². The van der Waals surface area contributed by atoms with Crippen LogP contribution in [0.1, 0.15) is 30.8 Å². The van der Waals surface area contributed by atoms with E-state index in [1.165, 1.54) is 10.6 Å². The molecule has 0 aliphatic carbocycles. The minimum Gasteiger partial charge on any atom is -0.368 e. The lowest BCUT2D eigenvalue weighted by Crippen LogP contribution is -2.40. The number of nitrogens with zero attached hydrogens (tertiary/aromatic N) is 3. The molecule has 3 rings (SSSR count). The first-order valence-corrected chi connectivity index (χ1v) is 8.17. The molecule has 0 radical (unpaired) electrons. The zero-order valence-electron chi connectivity index (χ0n) is 13.9. The molecule has 24 heavy (non-hydrogen) atoms. The minimum absolute atomic E-state index is 0.00452. The molecule has 0 aromatic carbocycles. The van der Waals surface area contributed by atoms with Crippen molar-refractivity contribution in [3.63, 3.8) is 0 Å². The van der Waals surface area contributed by atoms with Crippen LogP contribution in [0.2, 0.25) is 0 Å². The molecule has 2 atom stereocenters. The molecule has 7 nitrogen and oxygen atoms in total. The summed E-state index contributed by atoms with van der Waals surface area (Å²) in [6, 6.07) is 3.20. The lowest BCUT2D eigenvalue weighted by atomic mass is 10.1. The summed E-state index contributed by atoms with van der Waals surface area (Å²) in [4.78, 5) is 28.6. The van der Waals surface area contributed by atoms with Crippen molar-refractivity contribution in [3.05, 3.63) is 52.5 Å². The second kappa shape index (κ2) is 7.00. The topological polar surface area (TPSA) is 78.2 Å². The van der Waals surface area contributed by atoms with Gasteiger partial charge < -0.3 is 19.2 Å². The van der Waals surface area contributed by atoms with E-state index in [-0.39, 0.29) is 30.2 Å². The highest BCUT2D eigenvalue weighted by Crippen LogP contribution is 2.28. The number of pyridine rings is 1. The molecule has 1 N–H and O–H groups in total. The fourth-order valence-electron chi connectivity index (χ4n) is 2.98. The van der Waals surface area contributed by atoms with E-state index in [9.17, 15) is 9.59 Å². The molecular weight excluding hydrogens is 308 g/mol. The zero-order valence-corrected chi connectivity index (χ0v) is 13.9. The van der Waals surface area contributed by atoms with E-state index < -0.39 is 0 Å². The van der Waals surface area contributed by atoms with Gasteiger partial charge in [-0.15, -0.1) is 0 Å². The summed E-state index contributed by atoms with van der Waals surface area (Å²) in [7, 11) is 0. The summed E-state index contributed by atoms with van der Waals surface area (Å²) in [5.41, 5.74) is 0.707. The SMILES string of the molecule is CCn1ccnc1[C@H]1OCC[C@@H]1NC(=O)Cn1ccc(C)cc1=O. The van der Waals surface area contributed by atoms with Gasteiger partial charge in [0, 0.05) is 37.8 Å². The number of aromatic nitrogens is 3. The number of aryl methyl sites for hydroxylation is 2. The third-order valence-corrected chi connectivity index (χ3v) is 4.25. The number of imidazole rings is 1. The smallest absolute Gasteiger partial charge is 0.251 e. The fraction of sp³-hybridized carbons (Fsp3) is 0.471. The zero-order chi connectivity index (χ0) is 17.1. The van der Waals surface area contributed by atoms with Gasteiger partial charge in [-0.2, -0.15) is 0 Å². The Morgan fingerprint density at radius 2 is 2.25 bits per heavy atom. The third-order valence-electron chi connectivity index (χ3n) is 4.25. The van der Waals surface area contributed by atoms with Gasteiger partial charge in [0.05, 0.1) is 6.04 Å². The van der Waals surface area contributed by atoms with Crippen LogP contribution in [0, 0.1) is 6.92 Å². The number of ether oxygens (including phenoxy) is 1. The van der Waals surface area contributed by atoms with Crippen molar-refractivity contribution >= 4 is 5.91 Å². The first kappa shape index (κ1) is 16.4.